The number of halogens is 1. The molecule has 0 atom stereocenters. The highest BCUT2D eigenvalue weighted by Gasteiger charge is 2.30. The van der Waals surface area contributed by atoms with Crippen LogP contribution >= 0.6 is 0 Å². The van der Waals surface area contributed by atoms with E-state index in [1.807, 2.05) is 19.1 Å². The molecule has 0 bridgehead atoms. The molecule has 0 aliphatic carbocycles. The van der Waals surface area contributed by atoms with Gasteiger partial charge in [0.15, 0.2) is 0 Å². The average molecular weight is 503 g/mol. The van der Waals surface area contributed by atoms with Crippen LogP contribution in [0.15, 0.2) is 65.7 Å². The highest BCUT2D eigenvalue weighted by Crippen LogP contribution is 2.23. The van der Waals surface area contributed by atoms with E-state index in [-0.39, 0.29) is 23.5 Å². The zero-order chi connectivity index (χ0) is 26.4. The smallest absolute Gasteiger partial charge is 0.253 e. The lowest BCUT2D eigenvalue weighted by molar-refractivity contribution is 0.0516. The summed E-state index contributed by atoms with van der Waals surface area (Å²) in [6.07, 6.45) is 1.69. The van der Waals surface area contributed by atoms with Crippen LogP contribution in [0.4, 0.5) is 10.1 Å². The molecule has 1 aliphatic heterocycles. The van der Waals surface area contributed by atoms with E-state index in [9.17, 15) is 14.0 Å². The number of amides is 2. The van der Waals surface area contributed by atoms with Crippen molar-refractivity contribution in [3.8, 4) is 11.1 Å². The maximum atomic E-state index is 13.1. The Hall–Kier alpha value is -4.04. The topological polar surface area (TPSA) is 97.0 Å². The second kappa shape index (κ2) is 11.8. The van der Waals surface area contributed by atoms with E-state index in [4.69, 9.17) is 10.5 Å². The summed E-state index contributed by atoms with van der Waals surface area (Å²) in [5.41, 5.74) is 11.2. The van der Waals surface area contributed by atoms with Gasteiger partial charge in [-0.1, -0.05) is 24.3 Å². The number of nitrogens with zero attached hydrogens (tertiary/aromatic N) is 2. The fraction of sp³-hybridized carbons (Fsp3) is 0.276. The number of likely N-dealkylation sites (tertiary alicyclic amines) is 1. The third-order valence-corrected chi connectivity index (χ3v) is 6.41. The fourth-order valence-corrected chi connectivity index (χ4v) is 4.25. The molecule has 0 radical (unpaired) electrons. The maximum Gasteiger partial charge on any atom is 0.253 e. The normalized spacial score (nSPS) is 13.5. The summed E-state index contributed by atoms with van der Waals surface area (Å²) in [5.74, 6) is -0.205. The van der Waals surface area contributed by atoms with Gasteiger partial charge in [0.1, 0.15) is 5.82 Å². The molecule has 7 nitrogen and oxygen atoms in total. The summed E-state index contributed by atoms with van der Waals surface area (Å²) in [4.78, 5) is 31.6. The van der Waals surface area contributed by atoms with Crippen LogP contribution < -0.4 is 11.1 Å². The lowest BCUT2D eigenvalue weighted by Crippen LogP contribution is -2.51. The second-order valence-electron chi connectivity index (χ2n) is 9.20. The monoisotopic (exact) mass is 502 g/mol. The Morgan fingerprint density at radius 1 is 1.11 bits per heavy atom. The molecule has 0 aromatic heterocycles. The van der Waals surface area contributed by atoms with Crippen LogP contribution in [0.25, 0.3) is 11.1 Å². The Bertz CT molecular complexity index is 1280. The number of aryl methyl sites for hydroxylation is 1. The first-order chi connectivity index (χ1) is 17.9. The standard InChI is InChI=1S/C29H31FN4O3/c1-19-13-27(31)24(14-26(19)28(35)33-11-12-37-2)16-32-15-20-17-34(18-20)29(36)23-5-3-21(4-6-23)22-7-9-25(30)10-8-22/h3-10,13-14,16,20H,11-12,15,17-18,31H2,1-2H3,(H,33,35). The molecule has 192 valence electrons. The first-order valence-corrected chi connectivity index (χ1v) is 12.2. The van der Waals surface area contributed by atoms with E-state index in [0.717, 1.165) is 16.7 Å². The van der Waals surface area contributed by atoms with Crippen molar-refractivity contribution in [2.75, 3.05) is 45.6 Å². The molecule has 37 heavy (non-hydrogen) atoms. The Balaban J connectivity index is 1.29. The molecular formula is C29H31FN4O3. The van der Waals surface area contributed by atoms with Gasteiger partial charge in [0, 0.05) is 67.8 Å². The quantitative estimate of drug-likeness (QED) is 0.263. The fourth-order valence-electron chi connectivity index (χ4n) is 4.25. The van der Waals surface area contributed by atoms with Gasteiger partial charge in [0.2, 0.25) is 0 Å². The van der Waals surface area contributed by atoms with E-state index in [2.05, 4.69) is 10.3 Å². The Morgan fingerprint density at radius 3 is 2.41 bits per heavy atom. The van der Waals surface area contributed by atoms with Crippen molar-refractivity contribution in [1.29, 1.82) is 0 Å². The number of nitrogens with two attached hydrogens (primary N) is 1. The number of carbonyl (C=O) groups is 2. The minimum absolute atomic E-state index is 0.0159. The zero-order valence-electron chi connectivity index (χ0n) is 21.0. The van der Waals surface area contributed by atoms with Crippen molar-refractivity contribution in [3.05, 3.63) is 88.7 Å². The minimum Gasteiger partial charge on any atom is -0.398 e. The van der Waals surface area contributed by atoms with E-state index in [1.165, 1.54) is 12.1 Å². The van der Waals surface area contributed by atoms with Gasteiger partial charge in [0.25, 0.3) is 11.8 Å². The number of carbonyl (C=O) groups excluding carboxylic acids is 2. The van der Waals surface area contributed by atoms with Crippen molar-refractivity contribution >= 4 is 23.7 Å². The van der Waals surface area contributed by atoms with Crippen molar-refractivity contribution in [1.82, 2.24) is 10.2 Å². The molecule has 1 heterocycles. The molecule has 0 spiro atoms. The largest absolute Gasteiger partial charge is 0.398 e. The molecule has 3 aromatic carbocycles. The van der Waals surface area contributed by atoms with E-state index < -0.39 is 0 Å². The molecule has 1 fully saturated rings. The summed E-state index contributed by atoms with van der Waals surface area (Å²) in [6, 6.07) is 17.2. The third kappa shape index (κ3) is 6.40. The molecule has 0 saturated carbocycles. The van der Waals surface area contributed by atoms with Crippen LogP contribution in [0.3, 0.4) is 0 Å². The number of hydrogen-bond donors (Lipinski definition) is 2. The Morgan fingerprint density at radius 2 is 1.76 bits per heavy atom. The van der Waals surface area contributed by atoms with Gasteiger partial charge >= 0.3 is 0 Å². The molecule has 8 heteroatoms. The number of aliphatic imine (C=N–C) groups is 1. The molecule has 0 unspecified atom stereocenters. The van der Waals surface area contributed by atoms with E-state index >= 15 is 0 Å². The SMILES string of the molecule is COCCNC(=O)c1cc(C=NCC2CN(C(=O)c3ccc(-c4ccc(F)cc4)cc3)C2)c(N)cc1C. The summed E-state index contributed by atoms with van der Waals surface area (Å²) in [7, 11) is 1.58. The van der Waals surface area contributed by atoms with E-state index in [0.29, 0.717) is 55.2 Å². The van der Waals surface area contributed by atoms with Crippen molar-refractivity contribution in [2.24, 2.45) is 10.9 Å². The highest BCUT2D eigenvalue weighted by molar-refractivity contribution is 5.99. The lowest BCUT2D eigenvalue weighted by Gasteiger charge is -2.38. The van der Waals surface area contributed by atoms with Crippen molar-refractivity contribution in [3.63, 3.8) is 0 Å². The van der Waals surface area contributed by atoms with Gasteiger partial charge in [-0.05, 0) is 60.0 Å². The van der Waals surface area contributed by atoms with Gasteiger partial charge in [-0.3, -0.25) is 14.6 Å². The van der Waals surface area contributed by atoms with Gasteiger partial charge in [0.05, 0.1) is 6.61 Å². The first-order valence-electron chi connectivity index (χ1n) is 12.2. The van der Waals surface area contributed by atoms with Crippen molar-refractivity contribution in [2.45, 2.75) is 6.92 Å². The number of nitrogen functional groups attached to an aromatic ring is 1. The molecule has 4 rings (SSSR count). The van der Waals surface area contributed by atoms with Gasteiger partial charge < -0.3 is 20.7 Å². The Kier molecular flexibility index (Phi) is 8.30. The highest BCUT2D eigenvalue weighted by atomic mass is 19.1. The average Bonchev–Trinajstić information content (AvgIpc) is 2.87. The maximum absolute atomic E-state index is 13.1. The van der Waals surface area contributed by atoms with Crippen LogP contribution in [-0.2, 0) is 4.74 Å². The molecule has 3 aromatic rings. The summed E-state index contributed by atoms with van der Waals surface area (Å²) in [5, 5.41) is 2.82. The molecule has 3 N–H and O–H groups in total. The Labute approximate surface area is 216 Å². The lowest BCUT2D eigenvalue weighted by atomic mass is 9.98. The molecule has 1 aliphatic rings. The van der Waals surface area contributed by atoms with Crippen LogP contribution in [-0.4, -0.2) is 62.8 Å². The minimum atomic E-state index is -0.277. The number of hydrogen-bond acceptors (Lipinski definition) is 5. The molecule has 1 saturated heterocycles. The number of nitrogens with one attached hydrogen (secondary N) is 1. The number of benzene rings is 3. The van der Waals surface area contributed by atoms with Gasteiger partial charge in [-0.25, -0.2) is 4.39 Å². The number of ether oxygens (including phenoxy) is 1. The number of rotatable bonds is 9. The summed E-state index contributed by atoms with van der Waals surface area (Å²) >= 11 is 0. The zero-order valence-corrected chi connectivity index (χ0v) is 21.0. The van der Waals surface area contributed by atoms with Crippen molar-refractivity contribution < 1.29 is 18.7 Å². The molecular weight excluding hydrogens is 471 g/mol. The first kappa shape index (κ1) is 26.0. The predicted octanol–water partition coefficient (Wildman–Crippen LogP) is 3.95. The predicted molar refractivity (Wildman–Crippen MR) is 143 cm³/mol. The summed E-state index contributed by atoms with van der Waals surface area (Å²) < 4.78 is 18.1. The molecule has 2 amide bonds. The third-order valence-electron chi connectivity index (χ3n) is 6.41. The van der Waals surface area contributed by atoms with Gasteiger partial charge in [-0.15, -0.1) is 0 Å². The van der Waals surface area contributed by atoms with Crippen LogP contribution in [0.1, 0.15) is 31.8 Å². The summed E-state index contributed by atoms with van der Waals surface area (Å²) in [6.45, 7) is 4.54. The van der Waals surface area contributed by atoms with Gasteiger partial charge in [-0.2, -0.15) is 0 Å². The van der Waals surface area contributed by atoms with Crippen LogP contribution in [0, 0.1) is 18.7 Å². The van der Waals surface area contributed by atoms with E-state index in [1.54, 1.807) is 54.6 Å². The second-order valence-corrected chi connectivity index (χ2v) is 9.20. The number of anilines is 1. The van der Waals surface area contributed by atoms with Crippen LogP contribution in [0.2, 0.25) is 0 Å². The van der Waals surface area contributed by atoms with Crippen LogP contribution in [0.5, 0.6) is 0 Å². The number of methoxy groups -OCH3 is 1.